The molecular weight excluding hydrogens is 650 g/mol. The summed E-state index contributed by atoms with van der Waals surface area (Å²) in [6.07, 6.45) is 9.11. The first-order valence-electron chi connectivity index (χ1n) is 17.3. The topological polar surface area (TPSA) is 116 Å². The predicted molar refractivity (Wildman–Crippen MR) is 186 cm³/mol. The molecule has 7 rings (SSSR count). The molecule has 2 aliphatic carbocycles. The van der Waals surface area contributed by atoms with Crippen molar-refractivity contribution in [3.8, 4) is 5.75 Å². The number of amides is 2. The molecule has 258 valence electrons. The van der Waals surface area contributed by atoms with Gasteiger partial charge < -0.3 is 19.6 Å². The van der Waals surface area contributed by atoms with E-state index in [0.717, 1.165) is 37.8 Å². The number of sulfonamides is 1. The number of halogens is 1. The van der Waals surface area contributed by atoms with Crippen molar-refractivity contribution in [1.82, 2.24) is 9.62 Å². The second-order valence-electron chi connectivity index (χ2n) is 15.0. The molecular formula is C37H46ClN3O6S. The van der Waals surface area contributed by atoms with Gasteiger partial charge in [0.1, 0.15) is 5.75 Å². The van der Waals surface area contributed by atoms with Gasteiger partial charge in [0, 0.05) is 42.7 Å². The van der Waals surface area contributed by atoms with Gasteiger partial charge >= 0.3 is 0 Å². The zero-order valence-corrected chi connectivity index (χ0v) is 29.5. The number of allylic oxidation sites excluding steroid dienone is 1. The largest absolute Gasteiger partial charge is 0.490 e. The van der Waals surface area contributed by atoms with E-state index >= 15 is 0 Å². The van der Waals surface area contributed by atoms with Gasteiger partial charge in [0.05, 0.1) is 29.1 Å². The van der Waals surface area contributed by atoms with E-state index in [0.29, 0.717) is 49.9 Å². The summed E-state index contributed by atoms with van der Waals surface area (Å²) in [7, 11) is -2.23. The summed E-state index contributed by atoms with van der Waals surface area (Å²) in [6, 6.07) is 11.3. The third-order valence-corrected chi connectivity index (χ3v) is 14.3. The third kappa shape index (κ3) is 5.71. The molecule has 2 amide bonds. The minimum atomic E-state index is -4.02. The molecule has 3 aliphatic heterocycles. The fraction of sp³-hybridized carbons (Fsp3) is 0.568. The van der Waals surface area contributed by atoms with Crippen LogP contribution in [0, 0.1) is 23.7 Å². The van der Waals surface area contributed by atoms with Crippen molar-refractivity contribution in [1.29, 1.82) is 0 Å². The Morgan fingerprint density at radius 3 is 2.62 bits per heavy atom. The monoisotopic (exact) mass is 695 g/mol. The van der Waals surface area contributed by atoms with E-state index in [9.17, 15) is 23.1 Å². The number of fused-ring (bicyclic) bond motifs is 4. The first-order valence-corrected chi connectivity index (χ1v) is 19.3. The predicted octanol–water partition coefficient (Wildman–Crippen LogP) is 5.09. The fourth-order valence-corrected chi connectivity index (χ4v) is 10.4. The third-order valence-electron chi connectivity index (χ3n) is 12.2. The Morgan fingerprint density at radius 1 is 1.08 bits per heavy atom. The van der Waals surface area contributed by atoms with E-state index in [-0.39, 0.29) is 34.6 Å². The highest BCUT2D eigenvalue weighted by molar-refractivity contribution is 7.90. The van der Waals surface area contributed by atoms with E-state index < -0.39 is 32.7 Å². The molecule has 1 spiro atoms. The number of carbonyl (C=O) groups excluding carboxylic acids is 2. The molecule has 0 radical (unpaired) electrons. The SMILES string of the molecule is C[C@@H]1[C@@H](C)C/C=C/C(O)([C@H]2CCN(C)C2=O)[C@@H]2CC[C@H]2CN2C[C@@]3(CCCc4cc(Cl)ccc43)COc3ccc(cc32)C(=O)NS1(=O)=O. The van der Waals surface area contributed by atoms with Gasteiger partial charge in [-0.05, 0) is 111 Å². The van der Waals surface area contributed by atoms with Crippen molar-refractivity contribution in [2.45, 2.75) is 75.1 Å². The van der Waals surface area contributed by atoms with Crippen molar-refractivity contribution in [3.63, 3.8) is 0 Å². The van der Waals surface area contributed by atoms with E-state index in [4.69, 9.17) is 16.3 Å². The lowest BCUT2D eigenvalue weighted by Gasteiger charge is -2.50. The lowest BCUT2D eigenvalue weighted by Crippen LogP contribution is -2.56. The highest BCUT2D eigenvalue weighted by Crippen LogP contribution is 2.51. The first-order chi connectivity index (χ1) is 22.8. The van der Waals surface area contributed by atoms with E-state index in [1.165, 1.54) is 11.1 Å². The Bertz CT molecular complexity index is 1760. The molecule has 9 nitrogen and oxygen atoms in total. The zero-order chi connectivity index (χ0) is 34.0. The molecule has 1 saturated carbocycles. The summed E-state index contributed by atoms with van der Waals surface area (Å²) in [5.41, 5.74) is 1.70. The number of nitrogens with zero attached hydrogens (tertiary/aromatic N) is 2. The van der Waals surface area contributed by atoms with E-state index in [1.54, 1.807) is 43.1 Å². The summed E-state index contributed by atoms with van der Waals surface area (Å²) in [4.78, 5) is 30.9. The fourth-order valence-electron chi connectivity index (χ4n) is 8.93. The minimum absolute atomic E-state index is 0.0523. The Hall–Kier alpha value is -3.08. The number of ether oxygens (including phenoxy) is 1. The van der Waals surface area contributed by atoms with Gasteiger partial charge in [-0.15, -0.1) is 0 Å². The normalized spacial score (nSPS) is 35.5. The number of carbonyl (C=O) groups is 2. The van der Waals surface area contributed by atoms with Gasteiger partial charge in [-0.2, -0.15) is 0 Å². The van der Waals surface area contributed by atoms with Crippen LogP contribution in [0.3, 0.4) is 0 Å². The Balaban J connectivity index is 1.34. The number of rotatable bonds is 1. The Kier molecular flexibility index (Phi) is 8.60. The number of aliphatic hydroxyl groups is 1. The second-order valence-corrected chi connectivity index (χ2v) is 17.5. The van der Waals surface area contributed by atoms with Gasteiger partial charge in [0.25, 0.3) is 5.91 Å². The zero-order valence-electron chi connectivity index (χ0n) is 28.0. The summed E-state index contributed by atoms with van der Waals surface area (Å²) in [5.74, 6) is -1.08. The summed E-state index contributed by atoms with van der Waals surface area (Å²) >= 11 is 6.44. The smallest absolute Gasteiger partial charge is 0.264 e. The lowest BCUT2D eigenvalue weighted by molar-refractivity contribution is -0.143. The van der Waals surface area contributed by atoms with Crippen LogP contribution in [-0.4, -0.2) is 74.4 Å². The van der Waals surface area contributed by atoms with E-state index in [1.807, 2.05) is 19.1 Å². The molecule has 2 bridgehead atoms. The van der Waals surface area contributed by atoms with Crippen LogP contribution in [-0.2, 0) is 26.7 Å². The molecule has 2 aromatic rings. The standard InChI is InChI=1S/C37H46ClN3O6S/c1-23-6-4-16-37(44,31-14-17-40(3)35(31)43)30-11-8-27(30)20-41-21-36(15-5-7-25-18-28(38)10-12-29(25)36)22-47-33-13-9-26(19-32(33)41)34(42)39-48(45,46)24(23)2/h4,9-10,12-13,16,18-19,23-24,27,30-31,44H,5-8,11,14-15,17,20-22H2,1-3H3,(H,39,42)/b16-4+/t23-,24+,27-,30+,31-,36-,37?/m0/s1. The van der Waals surface area contributed by atoms with Crippen LogP contribution < -0.4 is 14.4 Å². The van der Waals surface area contributed by atoms with Crippen LogP contribution in [0.5, 0.6) is 5.75 Å². The van der Waals surface area contributed by atoms with Crippen LogP contribution >= 0.6 is 11.6 Å². The quantitative estimate of drug-likeness (QED) is 0.400. The molecule has 1 saturated heterocycles. The van der Waals surface area contributed by atoms with Crippen LogP contribution in [0.2, 0.25) is 5.02 Å². The van der Waals surface area contributed by atoms with Crippen molar-refractivity contribution in [2.75, 3.05) is 38.2 Å². The molecule has 0 aromatic heterocycles. The maximum absolute atomic E-state index is 13.5. The second kappa shape index (κ2) is 12.4. The average Bonchev–Trinajstić information content (AvgIpc) is 3.29. The molecule has 11 heteroatoms. The molecule has 2 fully saturated rings. The molecule has 3 heterocycles. The van der Waals surface area contributed by atoms with E-state index in [2.05, 4.69) is 21.8 Å². The maximum atomic E-state index is 13.5. The molecule has 2 aromatic carbocycles. The number of aryl methyl sites for hydroxylation is 1. The molecule has 7 atom stereocenters. The highest BCUT2D eigenvalue weighted by Gasteiger charge is 2.54. The maximum Gasteiger partial charge on any atom is 0.264 e. The van der Waals surface area contributed by atoms with Crippen molar-refractivity contribution in [3.05, 3.63) is 70.3 Å². The number of anilines is 1. The van der Waals surface area contributed by atoms with Crippen molar-refractivity contribution >= 4 is 39.1 Å². The molecule has 48 heavy (non-hydrogen) atoms. The highest BCUT2D eigenvalue weighted by atomic mass is 35.5. The van der Waals surface area contributed by atoms with Crippen LogP contribution in [0.15, 0.2) is 48.6 Å². The lowest BCUT2D eigenvalue weighted by atomic mass is 9.60. The number of hydrogen-bond donors (Lipinski definition) is 2. The minimum Gasteiger partial charge on any atom is -0.490 e. The van der Waals surface area contributed by atoms with Gasteiger partial charge in [0.15, 0.2) is 0 Å². The van der Waals surface area contributed by atoms with Gasteiger partial charge in [-0.1, -0.05) is 36.7 Å². The van der Waals surface area contributed by atoms with Crippen molar-refractivity contribution < 1.29 is 27.9 Å². The summed E-state index contributed by atoms with van der Waals surface area (Å²) < 4.78 is 35.8. The molecule has 1 unspecified atom stereocenters. The summed E-state index contributed by atoms with van der Waals surface area (Å²) in [6.45, 7) is 5.68. The first kappa shape index (κ1) is 33.4. The van der Waals surface area contributed by atoms with Crippen LogP contribution in [0.4, 0.5) is 5.69 Å². The van der Waals surface area contributed by atoms with Crippen LogP contribution in [0.1, 0.15) is 73.9 Å². The Morgan fingerprint density at radius 2 is 1.90 bits per heavy atom. The Labute approximate surface area is 288 Å². The number of likely N-dealkylation sites (tertiary alicyclic amines) is 1. The van der Waals surface area contributed by atoms with Gasteiger partial charge in [-0.3, -0.25) is 9.59 Å². The van der Waals surface area contributed by atoms with Gasteiger partial charge in [0.2, 0.25) is 15.9 Å². The average molecular weight is 696 g/mol. The van der Waals surface area contributed by atoms with Crippen molar-refractivity contribution in [2.24, 2.45) is 23.7 Å². The molecule has 5 aliphatic rings. The van der Waals surface area contributed by atoms with Crippen LogP contribution in [0.25, 0.3) is 0 Å². The molecule has 2 N–H and O–H groups in total. The van der Waals surface area contributed by atoms with Gasteiger partial charge in [-0.25, -0.2) is 13.1 Å². The number of hydrogen-bond acceptors (Lipinski definition) is 7. The summed E-state index contributed by atoms with van der Waals surface area (Å²) in [5, 5.41) is 12.4. The number of benzene rings is 2. The number of nitrogens with one attached hydrogen (secondary N) is 1.